The summed E-state index contributed by atoms with van der Waals surface area (Å²) < 4.78 is 0. The zero-order valence-corrected chi connectivity index (χ0v) is 14.7. The fourth-order valence-corrected chi connectivity index (χ4v) is 3.68. The molecule has 24 heavy (non-hydrogen) atoms. The zero-order chi connectivity index (χ0) is 17.1. The van der Waals surface area contributed by atoms with E-state index >= 15 is 0 Å². The van der Waals surface area contributed by atoms with Gasteiger partial charge in [0, 0.05) is 31.7 Å². The van der Waals surface area contributed by atoms with Crippen molar-refractivity contribution in [3.05, 3.63) is 29.3 Å². The van der Waals surface area contributed by atoms with Crippen LogP contribution in [0.2, 0.25) is 0 Å². The summed E-state index contributed by atoms with van der Waals surface area (Å²) in [6, 6.07) is 6.05. The van der Waals surface area contributed by atoms with Crippen molar-refractivity contribution >= 4 is 17.6 Å². The summed E-state index contributed by atoms with van der Waals surface area (Å²) in [7, 11) is 0. The van der Waals surface area contributed by atoms with Gasteiger partial charge in [-0.1, -0.05) is 12.1 Å². The third-order valence-corrected chi connectivity index (χ3v) is 5.34. The van der Waals surface area contributed by atoms with Crippen LogP contribution in [0.4, 0.5) is 10.5 Å². The molecule has 0 spiro atoms. The van der Waals surface area contributed by atoms with Crippen LogP contribution >= 0.6 is 0 Å². The van der Waals surface area contributed by atoms with Gasteiger partial charge in [-0.25, -0.2) is 4.79 Å². The van der Waals surface area contributed by atoms with Gasteiger partial charge < -0.3 is 15.1 Å². The number of carbonyl (C=O) groups is 2. The van der Waals surface area contributed by atoms with E-state index < -0.39 is 0 Å². The number of hydrogen-bond acceptors (Lipinski definition) is 2. The van der Waals surface area contributed by atoms with Gasteiger partial charge in [-0.3, -0.25) is 4.79 Å². The van der Waals surface area contributed by atoms with Crippen molar-refractivity contribution in [1.82, 2.24) is 9.80 Å². The lowest BCUT2D eigenvalue weighted by atomic mass is 10.0. The van der Waals surface area contributed by atoms with Gasteiger partial charge in [-0.05, 0) is 56.7 Å². The number of piperidine rings is 1. The van der Waals surface area contributed by atoms with Crippen molar-refractivity contribution in [2.24, 2.45) is 0 Å². The van der Waals surface area contributed by atoms with Crippen LogP contribution in [-0.4, -0.2) is 47.4 Å². The van der Waals surface area contributed by atoms with Crippen molar-refractivity contribution in [3.63, 3.8) is 0 Å². The van der Waals surface area contributed by atoms with Crippen molar-refractivity contribution in [3.8, 4) is 0 Å². The average molecular weight is 329 g/mol. The number of anilines is 1. The third kappa shape index (κ3) is 3.55. The molecule has 3 amide bonds. The second-order valence-electron chi connectivity index (χ2n) is 6.96. The molecule has 1 N–H and O–H groups in total. The SMILES string of the molecule is Cc1cccc(NC(=O)N2CCCC[C@@H]2CN2CCCC2=O)c1C. The van der Waals surface area contributed by atoms with Gasteiger partial charge >= 0.3 is 6.03 Å². The van der Waals surface area contributed by atoms with Crippen molar-refractivity contribution in [1.29, 1.82) is 0 Å². The molecule has 0 aliphatic carbocycles. The fourth-order valence-electron chi connectivity index (χ4n) is 3.68. The van der Waals surface area contributed by atoms with E-state index in [4.69, 9.17) is 0 Å². The lowest BCUT2D eigenvalue weighted by Gasteiger charge is -2.37. The van der Waals surface area contributed by atoms with E-state index in [2.05, 4.69) is 5.32 Å². The molecule has 1 aromatic rings. The van der Waals surface area contributed by atoms with E-state index in [0.717, 1.165) is 50.0 Å². The summed E-state index contributed by atoms with van der Waals surface area (Å²) in [5, 5.41) is 3.07. The predicted molar refractivity (Wildman–Crippen MR) is 95.1 cm³/mol. The standard InChI is InChI=1S/C19H27N3O2/c1-14-7-5-9-17(15(14)2)20-19(24)22-12-4-3-8-16(22)13-21-11-6-10-18(21)23/h5,7,9,16H,3-4,6,8,10-13H2,1-2H3,(H,20,24)/t16-/m1/s1. The van der Waals surface area contributed by atoms with E-state index in [1.165, 1.54) is 5.56 Å². The Hall–Kier alpha value is -2.04. The first-order valence-electron chi connectivity index (χ1n) is 8.98. The Bertz CT molecular complexity index is 629. The highest BCUT2D eigenvalue weighted by Gasteiger charge is 2.31. The van der Waals surface area contributed by atoms with Crippen LogP contribution in [0.3, 0.4) is 0 Å². The molecule has 0 unspecified atom stereocenters. The molecule has 0 aromatic heterocycles. The molecule has 5 nitrogen and oxygen atoms in total. The molecule has 130 valence electrons. The first kappa shape index (κ1) is 16.8. The largest absolute Gasteiger partial charge is 0.341 e. The zero-order valence-electron chi connectivity index (χ0n) is 14.7. The summed E-state index contributed by atoms with van der Waals surface area (Å²) in [4.78, 5) is 28.6. The van der Waals surface area contributed by atoms with Crippen LogP contribution in [0.1, 0.15) is 43.2 Å². The molecule has 2 aliphatic heterocycles. The number of likely N-dealkylation sites (tertiary alicyclic amines) is 2. The molecule has 3 rings (SSSR count). The van der Waals surface area contributed by atoms with E-state index in [1.54, 1.807) is 0 Å². The molecule has 1 atom stereocenters. The van der Waals surface area contributed by atoms with Crippen molar-refractivity contribution in [2.45, 2.75) is 52.0 Å². The summed E-state index contributed by atoms with van der Waals surface area (Å²) in [6.07, 6.45) is 4.73. The lowest BCUT2D eigenvalue weighted by Crippen LogP contribution is -2.51. The minimum atomic E-state index is -0.0416. The maximum Gasteiger partial charge on any atom is 0.322 e. The fraction of sp³-hybridized carbons (Fsp3) is 0.579. The molecule has 2 saturated heterocycles. The van der Waals surface area contributed by atoms with Gasteiger partial charge in [0.15, 0.2) is 0 Å². The number of carbonyl (C=O) groups excluding carboxylic acids is 2. The summed E-state index contributed by atoms with van der Waals surface area (Å²) >= 11 is 0. The second kappa shape index (κ2) is 7.24. The highest BCUT2D eigenvalue weighted by atomic mass is 16.2. The monoisotopic (exact) mass is 329 g/mol. The number of rotatable bonds is 3. The van der Waals surface area contributed by atoms with E-state index in [0.29, 0.717) is 13.0 Å². The summed E-state index contributed by atoms with van der Waals surface area (Å²) in [5.41, 5.74) is 3.15. The van der Waals surface area contributed by atoms with Gasteiger partial charge in [0.1, 0.15) is 0 Å². The smallest absolute Gasteiger partial charge is 0.322 e. The van der Waals surface area contributed by atoms with Crippen molar-refractivity contribution < 1.29 is 9.59 Å². The lowest BCUT2D eigenvalue weighted by molar-refractivity contribution is -0.128. The number of hydrogen-bond donors (Lipinski definition) is 1. The van der Waals surface area contributed by atoms with Crippen LogP contribution in [0.15, 0.2) is 18.2 Å². The molecule has 0 radical (unpaired) electrons. The first-order valence-corrected chi connectivity index (χ1v) is 8.98. The highest BCUT2D eigenvalue weighted by molar-refractivity contribution is 5.90. The van der Waals surface area contributed by atoms with E-state index in [1.807, 2.05) is 41.8 Å². The Kier molecular flexibility index (Phi) is 5.07. The van der Waals surface area contributed by atoms with Gasteiger partial charge in [0.05, 0.1) is 6.04 Å². The maximum atomic E-state index is 12.8. The first-order chi connectivity index (χ1) is 11.6. The van der Waals surface area contributed by atoms with Crippen LogP contribution in [0.5, 0.6) is 0 Å². The quantitative estimate of drug-likeness (QED) is 0.925. The number of benzene rings is 1. The maximum absolute atomic E-state index is 12.8. The number of nitrogens with zero attached hydrogens (tertiary/aromatic N) is 2. The number of urea groups is 1. The number of nitrogens with one attached hydrogen (secondary N) is 1. The van der Waals surface area contributed by atoms with Crippen LogP contribution < -0.4 is 5.32 Å². The van der Waals surface area contributed by atoms with Gasteiger partial charge in [0.2, 0.25) is 5.91 Å². The Balaban J connectivity index is 1.69. The molecule has 2 heterocycles. The van der Waals surface area contributed by atoms with Crippen LogP contribution in [-0.2, 0) is 4.79 Å². The molecular weight excluding hydrogens is 302 g/mol. The van der Waals surface area contributed by atoms with Gasteiger partial charge in [0.25, 0.3) is 0 Å². The molecule has 2 aliphatic rings. The third-order valence-electron chi connectivity index (χ3n) is 5.34. The van der Waals surface area contributed by atoms with Crippen molar-refractivity contribution in [2.75, 3.05) is 25.0 Å². The van der Waals surface area contributed by atoms with E-state index in [-0.39, 0.29) is 18.0 Å². The minimum Gasteiger partial charge on any atom is -0.341 e. The summed E-state index contributed by atoms with van der Waals surface area (Å²) in [6.45, 7) is 6.36. The van der Waals surface area contributed by atoms with Gasteiger partial charge in [-0.15, -0.1) is 0 Å². The average Bonchev–Trinajstić information content (AvgIpc) is 2.97. The second-order valence-corrected chi connectivity index (χ2v) is 6.96. The Morgan fingerprint density at radius 2 is 2.04 bits per heavy atom. The number of aryl methyl sites for hydroxylation is 1. The predicted octanol–water partition coefficient (Wildman–Crippen LogP) is 3.31. The topological polar surface area (TPSA) is 52.7 Å². The molecular formula is C19H27N3O2. The molecule has 0 saturated carbocycles. The van der Waals surface area contributed by atoms with Crippen LogP contribution in [0.25, 0.3) is 0 Å². The number of amides is 3. The Morgan fingerprint density at radius 3 is 2.79 bits per heavy atom. The molecule has 0 bridgehead atoms. The molecule has 1 aromatic carbocycles. The highest BCUT2D eigenvalue weighted by Crippen LogP contribution is 2.23. The molecule has 2 fully saturated rings. The molecule has 5 heteroatoms. The summed E-state index contributed by atoms with van der Waals surface area (Å²) in [5.74, 6) is 0.232. The Morgan fingerprint density at radius 1 is 1.21 bits per heavy atom. The Labute approximate surface area is 144 Å². The van der Waals surface area contributed by atoms with Gasteiger partial charge in [-0.2, -0.15) is 0 Å². The van der Waals surface area contributed by atoms with E-state index in [9.17, 15) is 9.59 Å². The van der Waals surface area contributed by atoms with Crippen LogP contribution in [0, 0.1) is 13.8 Å². The minimum absolute atomic E-state index is 0.0416. The normalized spacial score (nSPS) is 21.2.